The highest BCUT2D eigenvalue weighted by Gasteiger charge is 2.31. The number of nitrogens with zero attached hydrogens (tertiary/aromatic N) is 1. The van der Waals surface area contributed by atoms with Gasteiger partial charge in [-0.3, -0.25) is 0 Å². The van der Waals surface area contributed by atoms with E-state index < -0.39 is 27.1 Å². The molecule has 1 aromatic rings. The van der Waals surface area contributed by atoms with Gasteiger partial charge < -0.3 is 5.73 Å². The third-order valence-corrected chi connectivity index (χ3v) is 5.93. The van der Waals surface area contributed by atoms with Crippen molar-refractivity contribution in [2.24, 2.45) is 5.73 Å². The Balaban J connectivity index is 3.07. The second-order valence-corrected chi connectivity index (χ2v) is 6.80. The van der Waals surface area contributed by atoms with E-state index in [0.29, 0.717) is 12.0 Å². The van der Waals surface area contributed by atoms with Crippen LogP contribution in [0.4, 0.5) is 4.39 Å². The third-order valence-electron chi connectivity index (χ3n) is 3.44. The maximum atomic E-state index is 13.7. The molecule has 0 aliphatic carbocycles. The van der Waals surface area contributed by atoms with E-state index in [2.05, 4.69) is 0 Å². The SMILES string of the molecule is CCC(CN)S(=O)(=O)N(C)C(C)c1ccccc1F. The summed E-state index contributed by atoms with van der Waals surface area (Å²) in [5.74, 6) is -0.405. The quantitative estimate of drug-likeness (QED) is 0.869. The first kappa shape index (κ1) is 16.1. The lowest BCUT2D eigenvalue weighted by Crippen LogP contribution is -2.41. The molecule has 0 aromatic heterocycles. The van der Waals surface area contributed by atoms with Crippen molar-refractivity contribution in [2.45, 2.75) is 31.6 Å². The van der Waals surface area contributed by atoms with Crippen molar-refractivity contribution in [1.82, 2.24) is 4.31 Å². The Kier molecular flexibility index (Phi) is 5.46. The lowest BCUT2D eigenvalue weighted by atomic mass is 10.1. The Hall–Kier alpha value is -0.980. The van der Waals surface area contributed by atoms with Crippen LogP contribution in [0.1, 0.15) is 31.9 Å². The Morgan fingerprint density at radius 2 is 1.95 bits per heavy atom. The molecule has 0 aliphatic heterocycles. The maximum Gasteiger partial charge on any atom is 0.218 e. The van der Waals surface area contributed by atoms with Crippen molar-refractivity contribution >= 4 is 10.0 Å². The summed E-state index contributed by atoms with van der Waals surface area (Å²) in [6.07, 6.45) is 0.438. The molecule has 0 aliphatic rings. The number of nitrogens with two attached hydrogens (primary N) is 1. The van der Waals surface area contributed by atoms with Crippen LogP contribution in [-0.2, 0) is 10.0 Å². The maximum absolute atomic E-state index is 13.7. The second-order valence-electron chi connectivity index (χ2n) is 4.52. The van der Waals surface area contributed by atoms with Gasteiger partial charge in [0.1, 0.15) is 5.82 Å². The zero-order valence-corrected chi connectivity index (χ0v) is 12.3. The monoisotopic (exact) mass is 288 g/mol. The molecule has 2 unspecified atom stereocenters. The van der Waals surface area contributed by atoms with Gasteiger partial charge >= 0.3 is 0 Å². The van der Waals surface area contributed by atoms with Crippen LogP contribution in [0, 0.1) is 5.82 Å². The van der Waals surface area contributed by atoms with E-state index in [1.807, 2.05) is 0 Å². The van der Waals surface area contributed by atoms with Gasteiger partial charge in [0.05, 0.1) is 5.25 Å². The minimum atomic E-state index is -3.52. The van der Waals surface area contributed by atoms with Crippen LogP contribution in [0.3, 0.4) is 0 Å². The largest absolute Gasteiger partial charge is 0.329 e. The highest BCUT2D eigenvalue weighted by Crippen LogP contribution is 2.26. The molecule has 0 saturated carbocycles. The van der Waals surface area contributed by atoms with Crippen molar-refractivity contribution in [2.75, 3.05) is 13.6 Å². The predicted octanol–water partition coefficient (Wildman–Crippen LogP) is 1.89. The van der Waals surface area contributed by atoms with Gasteiger partial charge in [-0.1, -0.05) is 25.1 Å². The molecule has 108 valence electrons. The summed E-state index contributed by atoms with van der Waals surface area (Å²) in [4.78, 5) is 0. The van der Waals surface area contributed by atoms with E-state index in [9.17, 15) is 12.8 Å². The number of sulfonamides is 1. The zero-order valence-electron chi connectivity index (χ0n) is 11.5. The minimum absolute atomic E-state index is 0.0627. The fourth-order valence-corrected chi connectivity index (χ4v) is 3.65. The summed E-state index contributed by atoms with van der Waals surface area (Å²) >= 11 is 0. The van der Waals surface area contributed by atoms with Crippen LogP contribution < -0.4 is 5.73 Å². The molecule has 0 spiro atoms. The van der Waals surface area contributed by atoms with Gasteiger partial charge in [0.15, 0.2) is 0 Å². The van der Waals surface area contributed by atoms with Gasteiger partial charge in [0.2, 0.25) is 10.0 Å². The Bertz CT molecular complexity index is 515. The molecule has 2 atom stereocenters. The van der Waals surface area contributed by atoms with Gasteiger partial charge in [-0.05, 0) is 19.4 Å². The van der Waals surface area contributed by atoms with Crippen LogP contribution in [0.25, 0.3) is 0 Å². The van der Waals surface area contributed by atoms with Crippen molar-refractivity contribution in [3.63, 3.8) is 0 Å². The first-order valence-electron chi connectivity index (χ1n) is 6.27. The molecular weight excluding hydrogens is 267 g/mol. The molecule has 0 fully saturated rings. The van der Waals surface area contributed by atoms with E-state index in [0.717, 1.165) is 0 Å². The summed E-state index contributed by atoms with van der Waals surface area (Å²) in [5.41, 5.74) is 5.86. The number of rotatable bonds is 6. The molecule has 6 heteroatoms. The normalized spacial score (nSPS) is 15.5. The minimum Gasteiger partial charge on any atom is -0.329 e. The highest BCUT2D eigenvalue weighted by atomic mass is 32.2. The molecule has 19 heavy (non-hydrogen) atoms. The first-order chi connectivity index (χ1) is 8.86. The summed E-state index contributed by atoms with van der Waals surface area (Å²) in [7, 11) is -2.06. The second kappa shape index (κ2) is 6.45. The van der Waals surface area contributed by atoms with Crippen molar-refractivity contribution < 1.29 is 12.8 Å². The van der Waals surface area contributed by atoms with Gasteiger partial charge in [-0.2, -0.15) is 4.31 Å². The molecule has 2 N–H and O–H groups in total. The van der Waals surface area contributed by atoms with E-state index in [-0.39, 0.29) is 6.54 Å². The molecule has 1 aromatic carbocycles. The molecule has 0 bridgehead atoms. The van der Waals surface area contributed by atoms with Crippen LogP contribution in [0.5, 0.6) is 0 Å². The molecule has 1 rings (SSSR count). The average molecular weight is 288 g/mol. The summed E-state index contributed by atoms with van der Waals surface area (Å²) in [6, 6.07) is 5.62. The number of benzene rings is 1. The number of hydrogen-bond donors (Lipinski definition) is 1. The van der Waals surface area contributed by atoms with Crippen molar-refractivity contribution in [1.29, 1.82) is 0 Å². The van der Waals surface area contributed by atoms with Gasteiger partial charge in [0, 0.05) is 25.2 Å². The highest BCUT2D eigenvalue weighted by molar-refractivity contribution is 7.89. The number of halogens is 1. The molecule has 0 heterocycles. The first-order valence-corrected chi connectivity index (χ1v) is 7.77. The van der Waals surface area contributed by atoms with Crippen LogP contribution >= 0.6 is 0 Å². The molecule has 0 radical (unpaired) electrons. The van der Waals surface area contributed by atoms with Gasteiger partial charge in [-0.15, -0.1) is 0 Å². The Morgan fingerprint density at radius 3 is 2.42 bits per heavy atom. The Morgan fingerprint density at radius 1 is 1.37 bits per heavy atom. The zero-order chi connectivity index (χ0) is 14.6. The fourth-order valence-electron chi connectivity index (χ4n) is 1.96. The summed E-state index contributed by atoms with van der Waals surface area (Å²) in [5, 5.41) is -0.633. The van der Waals surface area contributed by atoms with E-state index in [1.54, 1.807) is 32.0 Å². The molecule has 4 nitrogen and oxygen atoms in total. The topological polar surface area (TPSA) is 63.4 Å². The van der Waals surface area contributed by atoms with Crippen molar-refractivity contribution in [3.8, 4) is 0 Å². The average Bonchev–Trinajstić information content (AvgIpc) is 2.38. The summed E-state index contributed by atoms with van der Waals surface area (Å²) in [6.45, 7) is 3.50. The van der Waals surface area contributed by atoms with Gasteiger partial charge in [0.25, 0.3) is 0 Å². The summed E-state index contributed by atoms with van der Waals surface area (Å²) < 4.78 is 39.6. The van der Waals surface area contributed by atoms with Crippen molar-refractivity contribution in [3.05, 3.63) is 35.6 Å². The van der Waals surface area contributed by atoms with E-state index in [4.69, 9.17) is 5.73 Å². The van der Waals surface area contributed by atoms with E-state index in [1.165, 1.54) is 17.4 Å². The lowest BCUT2D eigenvalue weighted by molar-refractivity contribution is 0.380. The Labute approximate surface area is 114 Å². The predicted molar refractivity (Wildman–Crippen MR) is 74.6 cm³/mol. The van der Waals surface area contributed by atoms with Crippen LogP contribution in [0.15, 0.2) is 24.3 Å². The lowest BCUT2D eigenvalue weighted by Gasteiger charge is -2.28. The molecular formula is C13H21FN2O2S. The number of hydrogen-bond acceptors (Lipinski definition) is 3. The van der Waals surface area contributed by atoms with Crippen LogP contribution in [0.2, 0.25) is 0 Å². The smallest absolute Gasteiger partial charge is 0.218 e. The van der Waals surface area contributed by atoms with Crippen LogP contribution in [-0.4, -0.2) is 31.6 Å². The molecule has 0 amide bonds. The van der Waals surface area contributed by atoms with E-state index >= 15 is 0 Å². The fraction of sp³-hybridized carbons (Fsp3) is 0.538. The molecule has 0 saturated heterocycles. The van der Waals surface area contributed by atoms with Gasteiger partial charge in [-0.25, -0.2) is 12.8 Å². The third kappa shape index (κ3) is 3.32. The standard InChI is InChI=1S/C13H21FN2O2S/c1-4-11(9-15)19(17,18)16(3)10(2)12-7-5-6-8-13(12)14/h5-8,10-11H,4,9,15H2,1-3H3.